The molecule has 32 heavy (non-hydrogen) atoms. The molecule has 2 aromatic heterocycles. The summed E-state index contributed by atoms with van der Waals surface area (Å²) in [5.74, 6) is 2.98. The highest BCUT2D eigenvalue weighted by Gasteiger charge is 2.49. The first-order valence-electron chi connectivity index (χ1n) is 10.9. The van der Waals surface area contributed by atoms with Gasteiger partial charge in [-0.15, -0.1) is 6.42 Å². The molecule has 5 rings (SSSR count). The third kappa shape index (κ3) is 3.96. The number of aliphatic hydroxyl groups is 1. The van der Waals surface area contributed by atoms with Gasteiger partial charge >= 0.3 is 0 Å². The van der Waals surface area contributed by atoms with Crippen LogP contribution in [-0.4, -0.2) is 26.6 Å². The lowest BCUT2D eigenvalue weighted by Crippen LogP contribution is -2.32. The number of benzene rings is 1. The largest absolute Gasteiger partial charge is 0.389 e. The van der Waals surface area contributed by atoms with Gasteiger partial charge in [-0.05, 0) is 85.4 Å². The molecule has 3 aromatic rings. The van der Waals surface area contributed by atoms with Gasteiger partial charge in [0, 0.05) is 11.6 Å². The van der Waals surface area contributed by atoms with E-state index < -0.39 is 5.60 Å². The minimum absolute atomic E-state index is 0.0605. The highest BCUT2D eigenvalue weighted by molar-refractivity contribution is 5.91. The average Bonchev–Trinajstić information content (AvgIpc) is 3.28. The summed E-state index contributed by atoms with van der Waals surface area (Å²) in [5.41, 5.74) is 2.01. The van der Waals surface area contributed by atoms with E-state index in [1.54, 1.807) is 30.5 Å². The molecule has 2 saturated carbocycles. The maximum absolute atomic E-state index is 13.8. The van der Waals surface area contributed by atoms with Crippen LogP contribution in [0.4, 0.5) is 10.1 Å². The van der Waals surface area contributed by atoms with E-state index in [0.29, 0.717) is 42.0 Å². The number of terminal acetylenes is 1. The molecule has 6 heteroatoms. The minimum atomic E-state index is -0.997. The van der Waals surface area contributed by atoms with E-state index >= 15 is 0 Å². The predicted molar refractivity (Wildman–Crippen MR) is 120 cm³/mol. The van der Waals surface area contributed by atoms with Crippen molar-refractivity contribution in [3.05, 3.63) is 65.9 Å². The fourth-order valence-electron chi connectivity index (χ4n) is 5.72. The molecular formula is C26H24FN3O2. The number of anilines is 1. The Morgan fingerprint density at radius 2 is 1.97 bits per heavy atom. The van der Waals surface area contributed by atoms with Crippen LogP contribution in [0.15, 0.2) is 48.8 Å². The molecule has 0 bridgehead atoms. The second kappa shape index (κ2) is 7.99. The molecule has 2 heterocycles. The molecule has 2 aliphatic carbocycles. The van der Waals surface area contributed by atoms with Crippen molar-refractivity contribution in [2.75, 3.05) is 5.32 Å². The Morgan fingerprint density at radius 1 is 1.19 bits per heavy atom. The lowest BCUT2D eigenvalue weighted by Gasteiger charge is -2.24. The first kappa shape index (κ1) is 20.6. The van der Waals surface area contributed by atoms with E-state index in [1.165, 1.54) is 12.3 Å². The molecule has 2 unspecified atom stereocenters. The standard InChI is InChI=1S/C26H24FN3O2/c1-2-20-4-5-21(15-29-20)30-25(31)14-26(32)12-17-9-16(10-18(17)13-26)22-7-8-28-24-6-3-19(27)11-23(22)24/h1,3-8,11,15-18,32H,9-10,12-14H2,(H,30,31). The molecular weight excluding hydrogens is 405 g/mol. The van der Waals surface area contributed by atoms with Gasteiger partial charge in [0.15, 0.2) is 0 Å². The number of carbonyl (C=O) groups excluding carboxylic acids is 1. The van der Waals surface area contributed by atoms with Crippen molar-refractivity contribution in [2.24, 2.45) is 11.8 Å². The Labute approximate surface area is 186 Å². The van der Waals surface area contributed by atoms with Crippen molar-refractivity contribution < 1.29 is 14.3 Å². The van der Waals surface area contributed by atoms with Gasteiger partial charge < -0.3 is 10.4 Å². The smallest absolute Gasteiger partial charge is 0.227 e. The fraction of sp³-hybridized carbons (Fsp3) is 0.346. The van der Waals surface area contributed by atoms with Crippen molar-refractivity contribution >= 4 is 22.5 Å². The highest BCUT2D eigenvalue weighted by Crippen LogP contribution is 2.55. The average molecular weight is 429 g/mol. The van der Waals surface area contributed by atoms with E-state index in [9.17, 15) is 14.3 Å². The number of hydrogen-bond acceptors (Lipinski definition) is 4. The third-order valence-corrected chi connectivity index (χ3v) is 6.99. The molecule has 0 radical (unpaired) electrons. The van der Waals surface area contributed by atoms with Gasteiger partial charge in [-0.3, -0.25) is 9.78 Å². The molecule has 1 amide bonds. The van der Waals surface area contributed by atoms with E-state index in [2.05, 4.69) is 21.2 Å². The van der Waals surface area contributed by atoms with Gasteiger partial charge in [-0.1, -0.05) is 5.92 Å². The van der Waals surface area contributed by atoms with Gasteiger partial charge in [0.05, 0.1) is 29.4 Å². The Balaban J connectivity index is 1.24. The molecule has 5 nitrogen and oxygen atoms in total. The van der Waals surface area contributed by atoms with Crippen LogP contribution in [-0.2, 0) is 4.79 Å². The molecule has 2 N–H and O–H groups in total. The van der Waals surface area contributed by atoms with Gasteiger partial charge in [-0.2, -0.15) is 0 Å². The Kier molecular flexibility index (Phi) is 5.15. The van der Waals surface area contributed by atoms with Crippen LogP contribution in [0.2, 0.25) is 0 Å². The van der Waals surface area contributed by atoms with Gasteiger partial charge in [0.2, 0.25) is 5.91 Å². The number of halogens is 1. The zero-order valence-electron chi connectivity index (χ0n) is 17.6. The summed E-state index contributed by atoms with van der Waals surface area (Å²) in [6.07, 6.45) is 11.7. The molecule has 2 fully saturated rings. The van der Waals surface area contributed by atoms with Crippen LogP contribution in [0.25, 0.3) is 10.9 Å². The van der Waals surface area contributed by atoms with Gasteiger partial charge in [0.25, 0.3) is 0 Å². The summed E-state index contributed by atoms with van der Waals surface area (Å²) < 4.78 is 13.8. The number of amides is 1. The molecule has 1 aromatic carbocycles. The Morgan fingerprint density at radius 3 is 2.66 bits per heavy atom. The van der Waals surface area contributed by atoms with Gasteiger partial charge in [-0.25, -0.2) is 9.37 Å². The van der Waals surface area contributed by atoms with Gasteiger partial charge in [0.1, 0.15) is 11.5 Å². The van der Waals surface area contributed by atoms with Crippen molar-refractivity contribution in [3.8, 4) is 12.3 Å². The minimum Gasteiger partial charge on any atom is -0.389 e. The fourth-order valence-corrected chi connectivity index (χ4v) is 5.72. The second-order valence-corrected chi connectivity index (χ2v) is 9.18. The number of pyridine rings is 2. The van der Waals surface area contributed by atoms with E-state index in [0.717, 1.165) is 29.3 Å². The van der Waals surface area contributed by atoms with Crippen molar-refractivity contribution in [2.45, 2.75) is 43.6 Å². The van der Waals surface area contributed by atoms with Crippen LogP contribution in [0, 0.1) is 30.0 Å². The quantitative estimate of drug-likeness (QED) is 0.603. The zero-order chi connectivity index (χ0) is 22.3. The molecule has 2 atom stereocenters. The first-order chi connectivity index (χ1) is 15.4. The van der Waals surface area contributed by atoms with Crippen molar-refractivity contribution in [1.29, 1.82) is 0 Å². The summed E-state index contributed by atoms with van der Waals surface area (Å²) in [6, 6.07) is 10.1. The Hall–Kier alpha value is -3.30. The van der Waals surface area contributed by atoms with Crippen LogP contribution in [0.5, 0.6) is 0 Å². The number of nitrogens with zero attached hydrogens (tertiary/aromatic N) is 2. The SMILES string of the molecule is C#Cc1ccc(NC(=O)CC2(O)CC3CC(c4ccnc5ccc(F)cc45)CC3C2)cn1. The van der Waals surface area contributed by atoms with Crippen molar-refractivity contribution in [1.82, 2.24) is 9.97 Å². The summed E-state index contributed by atoms with van der Waals surface area (Å²) in [6.45, 7) is 0. The normalized spacial score (nSPS) is 26.6. The zero-order valence-corrected chi connectivity index (χ0v) is 17.6. The number of carbonyl (C=O) groups is 1. The Bertz CT molecular complexity index is 1200. The number of nitrogens with one attached hydrogen (secondary N) is 1. The predicted octanol–water partition coefficient (Wildman–Crippen LogP) is 4.41. The molecule has 0 aliphatic heterocycles. The van der Waals surface area contributed by atoms with Crippen LogP contribution in [0.3, 0.4) is 0 Å². The summed E-state index contributed by atoms with van der Waals surface area (Å²) in [5, 5.41) is 14.8. The second-order valence-electron chi connectivity index (χ2n) is 9.18. The van der Waals surface area contributed by atoms with Crippen molar-refractivity contribution in [3.63, 3.8) is 0 Å². The summed E-state index contributed by atoms with van der Waals surface area (Å²) >= 11 is 0. The summed E-state index contributed by atoms with van der Waals surface area (Å²) in [4.78, 5) is 21.0. The topological polar surface area (TPSA) is 75.1 Å². The summed E-state index contributed by atoms with van der Waals surface area (Å²) in [7, 11) is 0. The molecule has 162 valence electrons. The third-order valence-electron chi connectivity index (χ3n) is 6.99. The highest BCUT2D eigenvalue weighted by atomic mass is 19.1. The van der Waals surface area contributed by atoms with Crippen LogP contribution >= 0.6 is 0 Å². The van der Waals surface area contributed by atoms with E-state index in [-0.39, 0.29) is 18.1 Å². The number of fused-ring (bicyclic) bond motifs is 2. The maximum Gasteiger partial charge on any atom is 0.227 e. The lowest BCUT2D eigenvalue weighted by molar-refractivity contribution is -0.121. The maximum atomic E-state index is 13.8. The lowest BCUT2D eigenvalue weighted by atomic mass is 9.87. The number of hydrogen-bond donors (Lipinski definition) is 2. The van der Waals surface area contributed by atoms with Crippen LogP contribution in [0.1, 0.15) is 49.3 Å². The number of aromatic nitrogens is 2. The molecule has 2 aliphatic rings. The monoisotopic (exact) mass is 429 g/mol. The van der Waals surface area contributed by atoms with Crippen LogP contribution < -0.4 is 5.32 Å². The molecule has 0 spiro atoms. The van der Waals surface area contributed by atoms with E-state index in [1.807, 2.05) is 6.07 Å². The van der Waals surface area contributed by atoms with E-state index in [4.69, 9.17) is 6.42 Å². The number of rotatable bonds is 4. The molecule has 0 saturated heterocycles. The first-order valence-corrected chi connectivity index (χ1v) is 10.9.